The molecule has 19 heavy (non-hydrogen) atoms. The molecule has 0 saturated carbocycles. The molecule has 1 amide bonds. The summed E-state index contributed by atoms with van der Waals surface area (Å²) in [4.78, 5) is 16.8. The standard InChI is InChI=1S/C14H18N4O/c1-2-13(12-6-4-3-5-7-12)18-10-11(8-14(18)19)9-16-17-15/h3-7,11,13H,2,8-10H2,1H3/t11?,13-/m0/s1. The van der Waals surface area contributed by atoms with Crippen LogP contribution in [-0.4, -0.2) is 23.9 Å². The number of azide groups is 1. The molecule has 0 aromatic heterocycles. The minimum Gasteiger partial charge on any atom is -0.335 e. The van der Waals surface area contributed by atoms with Crippen molar-refractivity contribution in [3.63, 3.8) is 0 Å². The molecule has 1 aliphatic heterocycles. The maximum Gasteiger partial charge on any atom is 0.223 e. The first-order valence-electron chi connectivity index (χ1n) is 6.61. The molecule has 0 bridgehead atoms. The van der Waals surface area contributed by atoms with Crippen molar-refractivity contribution >= 4 is 5.91 Å². The topological polar surface area (TPSA) is 69.1 Å². The quantitative estimate of drug-likeness (QED) is 0.454. The van der Waals surface area contributed by atoms with Gasteiger partial charge in [-0.1, -0.05) is 42.4 Å². The summed E-state index contributed by atoms with van der Waals surface area (Å²) in [5.74, 6) is 0.315. The molecule has 0 aliphatic carbocycles. The first-order chi connectivity index (χ1) is 9.26. The molecule has 5 heteroatoms. The van der Waals surface area contributed by atoms with Crippen molar-refractivity contribution in [2.45, 2.75) is 25.8 Å². The van der Waals surface area contributed by atoms with Gasteiger partial charge in [0.15, 0.2) is 0 Å². The lowest BCUT2D eigenvalue weighted by atomic mass is 10.0. The van der Waals surface area contributed by atoms with Gasteiger partial charge in [-0.2, -0.15) is 0 Å². The van der Waals surface area contributed by atoms with E-state index in [1.807, 2.05) is 23.1 Å². The second-order valence-electron chi connectivity index (χ2n) is 4.86. The normalized spacial score (nSPS) is 20.2. The summed E-state index contributed by atoms with van der Waals surface area (Å²) in [6.07, 6.45) is 1.38. The van der Waals surface area contributed by atoms with Gasteiger partial charge in [0.1, 0.15) is 0 Å². The number of carbonyl (C=O) groups is 1. The largest absolute Gasteiger partial charge is 0.335 e. The Morgan fingerprint density at radius 3 is 2.84 bits per heavy atom. The van der Waals surface area contributed by atoms with Crippen molar-refractivity contribution in [1.29, 1.82) is 0 Å². The maximum atomic E-state index is 12.1. The molecule has 0 radical (unpaired) electrons. The first-order valence-corrected chi connectivity index (χ1v) is 6.61. The molecule has 1 aliphatic rings. The Kier molecular flexibility index (Phi) is 4.42. The van der Waals surface area contributed by atoms with Gasteiger partial charge < -0.3 is 4.90 Å². The lowest BCUT2D eigenvalue weighted by Gasteiger charge is -2.27. The summed E-state index contributed by atoms with van der Waals surface area (Å²) in [5.41, 5.74) is 9.52. The molecule has 1 aromatic rings. The predicted octanol–water partition coefficient (Wildman–Crippen LogP) is 3.30. The fraction of sp³-hybridized carbons (Fsp3) is 0.500. The first kappa shape index (κ1) is 13.4. The van der Waals surface area contributed by atoms with Crippen LogP contribution in [0.5, 0.6) is 0 Å². The Bertz CT molecular complexity index is 481. The van der Waals surface area contributed by atoms with E-state index in [9.17, 15) is 4.79 Å². The van der Waals surface area contributed by atoms with Crippen LogP contribution in [0.3, 0.4) is 0 Å². The zero-order valence-electron chi connectivity index (χ0n) is 11.1. The smallest absolute Gasteiger partial charge is 0.223 e. The zero-order chi connectivity index (χ0) is 13.7. The van der Waals surface area contributed by atoms with Crippen molar-refractivity contribution in [2.75, 3.05) is 13.1 Å². The number of amides is 1. The number of rotatable bonds is 5. The maximum absolute atomic E-state index is 12.1. The zero-order valence-corrected chi connectivity index (χ0v) is 11.1. The van der Waals surface area contributed by atoms with E-state index in [0.717, 1.165) is 6.42 Å². The van der Waals surface area contributed by atoms with Crippen LogP contribution in [0.1, 0.15) is 31.4 Å². The number of hydrogen-bond acceptors (Lipinski definition) is 2. The van der Waals surface area contributed by atoms with E-state index in [1.165, 1.54) is 5.56 Å². The van der Waals surface area contributed by atoms with Crippen LogP contribution in [-0.2, 0) is 4.79 Å². The second kappa shape index (κ2) is 6.25. The summed E-state index contributed by atoms with van der Waals surface area (Å²) in [5, 5.41) is 3.58. The van der Waals surface area contributed by atoms with Gasteiger partial charge >= 0.3 is 0 Å². The van der Waals surface area contributed by atoms with Crippen LogP contribution in [0.2, 0.25) is 0 Å². The van der Waals surface area contributed by atoms with Crippen molar-refractivity contribution in [2.24, 2.45) is 11.0 Å². The molecule has 1 fully saturated rings. The Labute approximate surface area is 112 Å². The molecule has 0 spiro atoms. The van der Waals surface area contributed by atoms with Crippen LogP contribution in [0.4, 0.5) is 0 Å². The highest BCUT2D eigenvalue weighted by Gasteiger charge is 2.33. The van der Waals surface area contributed by atoms with Crippen LogP contribution in [0.25, 0.3) is 10.4 Å². The van der Waals surface area contributed by atoms with E-state index < -0.39 is 0 Å². The predicted molar refractivity (Wildman–Crippen MR) is 73.3 cm³/mol. The minimum atomic E-state index is 0.129. The van der Waals surface area contributed by atoms with Crippen molar-refractivity contribution in [1.82, 2.24) is 4.90 Å². The molecule has 1 aromatic carbocycles. The number of benzene rings is 1. The molecule has 2 atom stereocenters. The van der Waals surface area contributed by atoms with Gasteiger partial charge in [-0.15, -0.1) is 0 Å². The van der Waals surface area contributed by atoms with E-state index in [-0.39, 0.29) is 17.9 Å². The van der Waals surface area contributed by atoms with Crippen LogP contribution < -0.4 is 0 Å². The highest BCUT2D eigenvalue weighted by atomic mass is 16.2. The number of hydrogen-bond donors (Lipinski definition) is 0. The third-order valence-corrected chi connectivity index (χ3v) is 3.59. The lowest BCUT2D eigenvalue weighted by Crippen LogP contribution is -2.30. The lowest BCUT2D eigenvalue weighted by molar-refractivity contribution is -0.129. The summed E-state index contributed by atoms with van der Waals surface area (Å²) in [7, 11) is 0. The average Bonchev–Trinajstić information content (AvgIpc) is 2.80. The highest BCUT2D eigenvalue weighted by Crippen LogP contribution is 2.30. The monoisotopic (exact) mass is 258 g/mol. The Balaban J connectivity index is 2.11. The molecular weight excluding hydrogens is 240 g/mol. The second-order valence-corrected chi connectivity index (χ2v) is 4.86. The van der Waals surface area contributed by atoms with Gasteiger partial charge in [-0.05, 0) is 23.4 Å². The van der Waals surface area contributed by atoms with Crippen LogP contribution in [0, 0.1) is 5.92 Å². The Morgan fingerprint density at radius 1 is 1.47 bits per heavy atom. The summed E-state index contributed by atoms with van der Waals surface area (Å²) >= 11 is 0. The molecular formula is C14H18N4O. The molecule has 0 N–H and O–H groups in total. The Hall–Kier alpha value is -2.00. The van der Waals surface area contributed by atoms with Crippen molar-refractivity contribution in [3.8, 4) is 0 Å². The summed E-state index contributed by atoms with van der Waals surface area (Å²) in [6, 6.07) is 10.2. The molecule has 1 saturated heterocycles. The van der Waals surface area contributed by atoms with Crippen molar-refractivity contribution in [3.05, 3.63) is 46.3 Å². The van der Waals surface area contributed by atoms with Gasteiger partial charge in [-0.3, -0.25) is 4.79 Å². The van der Waals surface area contributed by atoms with E-state index in [4.69, 9.17) is 5.53 Å². The Morgan fingerprint density at radius 2 is 2.21 bits per heavy atom. The van der Waals surface area contributed by atoms with Gasteiger partial charge in [-0.25, -0.2) is 0 Å². The van der Waals surface area contributed by atoms with E-state index in [0.29, 0.717) is 19.5 Å². The number of nitrogens with zero attached hydrogens (tertiary/aromatic N) is 4. The molecule has 1 unspecified atom stereocenters. The third-order valence-electron chi connectivity index (χ3n) is 3.59. The summed E-state index contributed by atoms with van der Waals surface area (Å²) in [6.45, 7) is 3.18. The van der Waals surface area contributed by atoms with Crippen molar-refractivity contribution < 1.29 is 4.79 Å². The summed E-state index contributed by atoms with van der Waals surface area (Å²) < 4.78 is 0. The molecule has 100 valence electrons. The van der Waals surface area contributed by atoms with Gasteiger partial charge in [0.25, 0.3) is 0 Å². The fourth-order valence-electron chi connectivity index (χ4n) is 2.70. The van der Waals surface area contributed by atoms with E-state index >= 15 is 0 Å². The van der Waals surface area contributed by atoms with E-state index in [2.05, 4.69) is 29.1 Å². The van der Waals surface area contributed by atoms with Crippen LogP contribution >= 0.6 is 0 Å². The number of likely N-dealkylation sites (tertiary alicyclic amines) is 1. The average molecular weight is 258 g/mol. The minimum absolute atomic E-state index is 0.129. The third kappa shape index (κ3) is 3.06. The van der Waals surface area contributed by atoms with Gasteiger partial charge in [0.05, 0.1) is 6.04 Å². The van der Waals surface area contributed by atoms with Crippen LogP contribution in [0.15, 0.2) is 35.4 Å². The fourth-order valence-corrected chi connectivity index (χ4v) is 2.70. The molecule has 5 nitrogen and oxygen atoms in total. The van der Waals surface area contributed by atoms with E-state index in [1.54, 1.807) is 0 Å². The van der Waals surface area contributed by atoms with Gasteiger partial charge in [0, 0.05) is 24.4 Å². The molecule has 2 rings (SSSR count). The molecule has 1 heterocycles. The SMILES string of the molecule is CC[C@@H](c1ccccc1)N1CC(CN=[N+]=[N-])CC1=O. The number of carbonyl (C=O) groups excluding carboxylic acids is 1. The van der Waals surface area contributed by atoms with Gasteiger partial charge in [0.2, 0.25) is 5.91 Å². The highest BCUT2D eigenvalue weighted by molar-refractivity contribution is 5.79.